The predicted molar refractivity (Wildman–Crippen MR) is 76.4 cm³/mol. The molecule has 1 aromatic heterocycles. The van der Waals surface area contributed by atoms with E-state index >= 15 is 0 Å². The molecule has 1 fully saturated rings. The van der Waals surface area contributed by atoms with Crippen molar-refractivity contribution in [1.29, 1.82) is 0 Å². The summed E-state index contributed by atoms with van der Waals surface area (Å²) in [7, 11) is 0. The second-order valence-electron chi connectivity index (χ2n) is 5.85. The van der Waals surface area contributed by atoms with E-state index in [4.69, 9.17) is 5.73 Å². The van der Waals surface area contributed by atoms with Gasteiger partial charge in [0.2, 0.25) is 0 Å². The van der Waals surface area contributed by atoms with E-state index in [2.05, 4.69) is 30.7 Å². The molecule has 2 N–H and O–H groups in total. The number of nitrogen functional groups attached to an aromatic ring is 1. The van der Waals surface area contributed by atoms with E-state index in [1.54, 1.807) is 0 Å². The van der Waals surface area contributed by atoms with Crippen molar-refractivity contribution in [3.63, 3.8) is 0 Å². The number of pyridine rings is 1. The highest BCUT2D eigenvalue weighted by Crippen LogP contribution is 2.27. The van der Waals surface area contributed by atoms with Crippen molar-refractivity contribution >= 4 is 5.69 Å². The van der Waals surface area contributed by atoms with E-state index in [1.807, 2.05) is 13.1 Å². The largest absolute Gasteiger partial charge is 0.398 e. The standard InChI is InChI=1S/C15H25N3/c1-10(2)14-6-5-7-18(14)9-13-12(4)15(16)11(3)8-17-13/h8,10,14H,5-7,9H2,1-4H3,(H2,16,17). The smallest absolute Gasteiger partial charge is 0.0593 e. The molecule has 1 aliphatic rings. The Morgan fingerprint density at radius 3 is 2.83 bits per heavy atom. The zero-order valence-corrected chi connectivity index (χ0v) is 12.0. The van der Waals surface area contributed by atoms with Crippen LogP contribution in [0.3, 0.4) is 0 Å². The number of likely N-dealkylation sites (tertiary alicyclic amines) is 1. The summed E-state index contributed by atoms with van der Waals surface area (Å²) in [5.74, 6) is 0.718. The van der Waals surface area contributed by atoms with Gasteiger partial charge in [-0.05, 0) is 50.3 Å². The summed E-state index contributed by atoms with van der Waals surface area (Å²) in [6.45, 7) is 10.9. The van der Waals surface area contributed by atoms with Gasteiger partial charge in [0.1, 0.15) is 0 Å². The van der Waals surface area contributed by atoms with Crippen molar-refractivity contribution in [3.8, 4) is 0 Å². The molecule has 1 aromatic rings. The number of aromatic nitrogens is 1. The Morgan fingerprint density at radius 1 is 1.44 bits per heavy atom. The number of nitrogens with zero attached hydrogens (tertiary/aromatic N) is 2. The summed E-state index contributed by atoms with van der Waals surface area (Å²) < 4.78 is 0. The molecule has 2 heterocycles. The van der Waals surface area contributed by atoms with Gasteiger partial charge in [-0.1, -0.05) is 13.8 Å². The SMILES string of the molecule is Cc1cnc(CN2CCCC2C(C)C)c(C)c1N. The van der Waals surface area contributed by atoms with Gasteiger partial charge in [0.15, 0.2) is 0 Å². The molecular formula is C15H25N3. The molecule has 1 unspecified atom stereocenters. The normalized spacial score (nSPS) is 20.8. The molecule has 0 saturated carbocycles. The van der Waals surface area contributed by atoms with E-state index in [0.717, 1.165) is 35.0 Å². The van der Waals surface area contributed by atoms with E-state index in [1.165, 1.54) is 19.4 Å². The first kappa shape index (κ1) is 13.3. The van der Waals surface area contributed by atoms with Crippen LogP contribution >= 0.6 is 0 Å². The van der Waals surface area contributed by atoms with Crippen molar-refractivity contribution in [2.45, 2.75) is 53.1 Å². The fourth-order valence-corrected chi connectivity index (χ4v) is 2.95. The topological polar surface area (TPSA) is 42.2 Å². The maximum Gasteiger partial charge on any atom is 0.0593 e. The molecule has 0 aromatic carbocycles. The van der Waals surface area contributed by atoms with E-state index in [9.17, 15) is 0 Å². The van der Waals surface area contributed by atoms with Crippen molar-refractivity contribution in [1.82, 2.24) is 9.88 Å². The van der Waals surface area contributed by atoms with Crippen LogP contribution in [0.4, 0.5) is 5.69 Å². The first-order valence-electron chi connectivity index (χ1n) is 6.95. The molecule has 100 valence electrons. The summed E-state index contributed by atoms with van der Waals surface area (Å²) in [6, 6.07) is 0.703. The van der Waals surface area contributed by atoms with Crippen molar-refractivity contribution in [2.24, 2.45) is 5.92 Å². The fraction of sp³-hybridized carbons (Fsp3) is 0.667. The lowest BCUT2D eigenvalue weighted by molar-refractivity contribution is 0.196. The van der Waals surface area contributed by atoms with Crippen LogP contribution in [0.2, 0.25) is 0 Å². The van der Waals surface area contributed by atoms with Crippen LogP contribution in [0.1, 0.15) is 43.5 Å². The zero-order chi connectivity index (χ0) is 13.3. The van der Waals surface area contributed by atoms with Crippen molar-refractivity contribution in [2.75, 3.05) is 12.3 Å². The highest BCUT2D eigenvalue weighted by molar-refractivity contribution is 5.53. The van der Waals surface area contributed by atoms with Crippen molar-refractivity contribution in [3.05, 3.63) is 23.0 Å². The number of anilines is 1. The monoisotopic (exact) mass is 247 g/mol. The third-order valence-electron chi connectivity index (χ3n) is 4.21. The van der Waals surface area contributed by atoms with Crippen LogP contribution < -0.4 is 5.73 Å². The minimum Gasteiger partial charge on any atom is -0.398 e. The summed E-state index contributed by atoms with van der Waals surface area (Å²) >= 11 is 0. The minimum absolute atomic E-state index is 0.703. The Hall–Kier alpha value is -1.09. The van der Waals surface area contributed by atoms with E-state index in [-0.39, 0.29) is 0 Å². The van der Waals surface area contributed by atoms with Crippen LogP contribution in [-0.4, -0.2) is 22.5 Å². The van der Waals surface area contributed by atoms with Crippen LogP contribution in [0.5, 0.6) is 0 Å². The Labute approximate surface area is 110 Å². The van der Waals surface area contributed by atoms with Gasteiger partial charge < -0.3 is 5.73 Å². The average molecular weight is 247 g/mol. The molecule has 1 saturated heterocycles. The van der Waals surface area contributed by atoms with Gasteiger partial charge in [-0.3, -0.25) is 9.88 Å². The molecular weight excluding hydrogens is 222 g/mol. The average Bonchev–Trinajstić information content (AvgIpc) is 2.78. The van der Waals surface area contributed by atoms with E-state index < -0.39 is 0 Å². The number of hydrogen-bond donors (Lipinski definition) is 1. The van der Waals surface area contributed by atoms with E-state index in [0.29, 0.717) is 6.04 Å². The van der Waals surface area contributed by atoms with Gasteiger partial charge in [0.25, 0.3) is 0 Å². The molecule has 2 rings (SSSR count). The molecule has 0 bridgehead atoms. The lowest BCUT2D eigenvalue weighted by Gasteiger charge is -2.27. The number of nitrogens with two attached hydrogens (primary N) is 1. The van der Waals surface area contributed by atoms with Crippen LogP contribution in [-0.2, 0) is 6.54 Å². The molecule has 3 heteroatoms. The molecule has 0 radical (unpaired) electrons. The number of rotatable bonds is 3. The van der Waals surface area contributed by atoms with Gasteiger partial charge in [-0.25, -0.2) is 0 Å². The van der Waals surface area contributed by atoms with Crippen LogP contribution in [0, 0.1) is 19.8 Å². The lowest BCUT2D eigenvalue weighted by Crippen LogP contribution is -2.33. The second kappa shape index (κ2) is 5.27. The van der Waals surface area contributed by atoms with Crippen LogP contribution in [0.15, 0.2) is 6.20 Å². The van der Waals surface area contributed by atoms with Crippen LogP contribution in [0.25, 0.3) is 0 Å². The number of aryl methyl sites for hydroxylation is 1. The number of hydrogen-bond acceptors (Lipinski definition) is 3. The fourth-order valence-electron chi connectivity index (χ4n) is 2.95. The molecule has 18 heavy (non-hydrogen) atoms. The first-order valence-corrected chi connectivity index (χ1v) is 6.95. The first-order chi connectivity index (χ1) is 8.50. The summed E-state index contributed by atoms with van der Waals surface area (Å²) in [5, 5.41) is 0. The molecule has 0 amide bonds. The predicted octanol–water partition coefficient (Wildman–Crippen LogP) is 2.90. The van der Waals surface area contributed by atoms with Gasteiger partial charge >= 0.3 is 0 Å². The Morgan fingerprint density at radius 2 is 2.17 bits per heavy atom. The maximum atomic E-state index is 6.09. The third kappa shape index (κ3) is 2.51. The minimum atomic E-state index is 0.703. The third-order valence-corrected chi connectivity index (χ3v) is 4.21. The second-order valence-corrected chi connectivity index (χ2v) is 5.85. The Bertz CT molecular complexity index is 426. The quantitative estimate of drug-likeness (QED) is 0.893. The lowest BCUT2D eigenvalue weighted by atomic mass is 10.0. The summed E-state index contributed by atoms with van der Waals surface area (Å²) in [4.78, 5) is 7.14. The summed E-state index contributed by atoms with van der Waals surface area (Å²) in [5.41, 5.74) is 10.4. The van der Waals surface area contributed by atoms with Gasteiger partial charge in [0, 0.05) is 24.5 Å². The maximum absolute atomic E-state index is 6.09. The highest BCUT2D eigenvalue weighted by atomic mass is 15.2. The van der Waals surface area contributed by atoms with Gasteiger partial charge in [-0.2, -0.15) is 0 Å². The van der Waals surface area contributed by atoms with Gasteiger partial charge in [0.05, 0.1) is 5.69 Å². The Kier molecular flexibility index (Phi) is 3.91. The van der Waals surface area contributed by atoms with Crippen molar-refractivity contribution < 1.29 is 0 Å². The molecule has 0 spiro atoms. The van der Waals surface area contributed by atoms with Gasteiger partial charge in [-0.15, -0.1) is 0 Å². The molecule has 3 nitrogen and oxygen atoms in total. The molecule has 0 aliphatic carbocycles. The highest BCUT2D eigenvalue weighted by Gasteiger charge is 2.27. The zero-order valence-electron chi connectivity index (χ0n) is 12.0. The summed E-state index contributed by atoms with van der Waals surface area (Å²) in [6.07, 6.45) is 4.53. The molecule has 1 aliphatic heterocycles. The Balaban J connectivity index is 2.17. The molecule has 1 atom stereocenters.